The largest absolute Gasteiger partial charge is 0.340 e. The fraction of sp³-hybridized carbons (Fsp3) is 0.660. The molecule has 0 spiro atoms. The van der Waals surface area contributed by atoms with Crippen LogP contribution in [0.2, 0.25) is 0 Å². The van der Waals surface area contributed by atoms with E-state index in [1.807, 2.05) is 0 Å². The Bertz CT molecular complexity index is 3020. The average molecular weight is 1160 g/mol. The summed E-state index contributed by atoms with van der Waals surface area (Å²) in [6.45, 7) is 2.13. The van der Waals surface area contributed by atoms with Gasteiger partial charge in [-0.2, -0.15) is 123 Å². The van der Waals surface area contributed by atoms with Gasteiger partial charge >= 0.3 is 82.9 Å². The fourth-order valence-electron chi connectivity index (χ4n) is 13.1. The van der Waals surface area contributed by atoms with E-state index in [1.165, 1.54) is 6.92 Å². The summed E-state index contributed by atoms with van der Waals surface area (Å²) in [6.07, 6.45) is -6.99. The zero-order chi connectivity index (χ0) is 58.2. The third-order valence-electron chi connectivity index (χ3n) is 17.0. The summed E-state index contributed by atoms with van der Waals surface area (Å²) in [5.74, 6) is -89.8. The molecule has 0 fully saturated rings. The summed E-state index contributed by atoms with van der Waals surface area (Å²) in [5, 5.41) is 0. The van der Waals surface area contributed by atoms with Gasteiger partial charge in [0.1, 0.15) is 0 Å². The molecule has 0 N–H and O–H groups in total. The van der Waals surface area contributed by atoms with Gasteiger partial charge in [-0.05, 0) is 25.7 Å². The number of fused-ring (bicyclic) bond motifs is 8. The quantitative estimate of drug-likeness (QED) is 0.120. The highest BCUT2D eigenvalue weighted by Crippen LogP contribution is 2.82. The Morgan fingerprint density at radius 3 is 0.597 bits per heavy atom. The van der Waals surface area contributed by atoms with Crippen molar-refractivity contribution < 1.29 is 132 Å². The van der Waals surface area contributed by atoms with Gasteiger partial charge in [0.25, 0.3) is 0 Å². The van der Waals surface area contributed by atoms with Crippen molar-refractivity contribution in [3.05, 3.63) is 89.2 Å². The molecule has 0 aromatic carbocycles. The van der Waals surface area contributed by atoms with E-state index < -0.39 is 253 Å². The molecule has 77 heavy (non-hydrogen) atoms. The van der Waals surface area contributed by atoms with Gasteiger partial charge in [-0.1, -0.05) is 58.8 Å². The summed E-state index contributed by atoms with van der Waals surface area (Å²) in [6, 6.07) is 0. The third-order valence-corrected chi connectivity index (χ3v) is 17.0. The Morgan fingerprint density at radius 1 is 0.208 bits per heavy atom. The van der Waals surface area contributed by atoms with Gasteiger partial charge in [0.2, 0.25) is 11.3 Å². The molecule has 0 heterocycles. The molecule has 4 unspecified atom stereocenters. The van der Waals surface area contributed by atoms with E-state index in [0.29, 0.717) is 0 Å². The van der Waals surface area contributed by atoms with Gasteiger partial charge < -0.3 is 0 Å². The topological polar surface area (TPSA) is 0 Å². The molecule has 0 saturated carbocycles. The smallest absolute Gasteiger partial charge is 0.231 e. The second-order valence-electron chi connectivity index (χ2n) is 20.8. The predicted octanol–water partition coefficient (Wildman–Crippen LogP) is 17.4. The minimum atomic E-state index is -6.12. The average Bonchev–Trinajstić information content (AvgIpc) is 3.28. The summed E-state index contributed by atoms with van der Waals surface area (Å²) in [4.78, 5) is 0. The normalized spacial score (nSPS) is 34.3. The molecule has 0 radical (unpaired) electrons. The molecule has 10 aliphatic carbocycles. The molecule has 10 rings (SSSR count). The summed E-state index contributed by atoms with van der Waals surface area (Å²) < 4.78 is 461. The van der Waals surface area contributed by atoms with E-state index in [1.54, 1.807) is 0 Å². The number of hydrogen-bond acceptors (Lipinski definition) is 0. The minimum absolute atomic E-state index is 0.0941. The van der Waals surface area contributed by atoms with E-state index in [9.17, 15) is 52.7 Å². The molecule has 0 saturated heterocycles. The number of hydrogen-bond donors (Lipinski definition) is 0. The zero-order valence-corrected chi connectivity index (χ0v) is 38.3. The van der Waals surface area contributed by atoms with Crippen LogP contribution in [0.25, 0.3) is 0 Å². The Kier molecular flexibility index (Phi) is 10.7. The van der Waals surface area contributed by atoms with Crippen molar-refractivity contribution in [2.24, 2.45) is 11.8 Å². The van der Waals surface area contributed by atoms with Crippen LogP contribution in [-0.2, 0) is 0 Å². The van der Waals surface area contributed by atoms with Crippen molar-refractivity contribution in [3.8, 4) is 0 Å². The molecular formula is C47H30F30. The third kappa shape index (κ3) is 5.35. The Hall–Kier alpha value is -4.18. The first-order valence-electron chi connectivity index (χ1n) is 23.3. The van der Waals surface area contributed by atoms with Gasteiger partial charge in [0.05, 0.1) is 0 Å². The molecule has 0 nitrogen and oxygen atoms in total. The Balaban J connectivity index is 0.928. The van der Waals surface area contributed by atoms with Crippen LogP contribution in [-0.4, -0.2) is 94.3 Å². The molecule has 0 aromatic heterocycles. The van der Waals surface area contributed by atoms with Gasteiger partial charge in [0, 0.05) is 101 Å². The van der Waals surface area contributed by atoms with Crippen molar-refractivity contribution in [2.45, 2.75) is 179 Å². The molecule has 428 valence electrons. The maximum absolute atomic E-state index is 17.5. The van der Waals surface area contributed by atoms with Crippen LogP contribution in [0.1, 0.15) is 84.5 Å². The van der Waals surface area contributed by atoms with E-state index in [-0.39, 0.29) is 12.8 Å². The lowest BCUT2D eigenvalue weighted by molar-refractivity contribution is -0.233. The van der Waals surface area contributed by atoms with Crippen molar-refractivity contribution in [1.29, 1.82) is 0 Å². The van der Waals surface area contributed by atoms with Gasteiger partial charge in [0.15, 0.2) is 0 Å². The highest BCUT2D eigenvalue weighted by molar-refractivity contribution is 5.86. The van der Waals surface area contributed by atoms with E-state index >= 15 is 79.0 Å². The van der Waals surface area contributed by atoms with E-state index in [0.717, 1.165) is 6.92 Å². The molecule has 30 heteroatoms. The highest BCUT2D eigenvalue weighted by atomic mass is 19.4. The van der Waals surface area contributed by atoms with E-state index in [4.69, 9.17) is 0 Å². The van der Waals surface area contributed by atoms with Gasteiger partial charge in [-0.3, -0.25) is 0 Å². The molecule has 0 bridgehead atoms. The number of alkyl halides is 30. The molecule has 0 aliphatic heterocycles. The van der Waals surface area contributed by atoms with Crippen molar-refractivity contribution in [3.63, 3.8) is 0 Å². The lowest BCUT2D eigenvalue weighted by Crippen LogP contribution is -2.72. The van der Waals surface area contributed by atoms with Crippen LogP contribution >= 0.6 is 0 Å². The summed E-state index contributed by atoms with van der Waals surface area (Å²) in [5.41, 5.74) is -56.6. The number of rotatable bonds is 14. The monoisotopic (exact) mass is 1160 g/mol. The molecule has 10 aliphatic rings. The first kappa shape index (κ1) is 56.1. The zero-order valence-electron chi connectivity index (χ0n) is 38.3. The summed E-state index contributed by atoms with van der Waals surface area (Å²) in [7, 11) is 0. The lowest BCUT2D eigenvalue weighted by atomic mass is 9.48. The molecule has 0 aromatic rings. The highest BCUT2D eigenvalue weighted by Gasteiger charge is 2.93. The standard InChI is InChI=1S/C47H30F30/c1-3-5-11-15(33(49)17-19(35(33,52)53)23-27(43(68,69)39(23,60)61)31-29(45(72,73)47(31,76)77)25-21(17)37(56,57)41(25,64)65)13-10-8-6-7-9-12-14(4-2)32(48)16-18(34(32,50)51)22-26(42(66,67)38(22,58)59)30-28(44(70,71)46(30,74)75)24-20(16)36(54,55)40(24,62)63/h14-15H,3-13H2,1-2H3. The SMILES string of the molecule is CCCCC(CCCCCCCC(CC)C1(F)C2=C(C3=C(C4=C(C5=C2C(F)(F)C5(F)F)C(F)(F)C4(F)F)C(F)(F)C3(F)F)C1(F)F)C1(F)C2=C(C3=C(C4=C(C5=C2C(F)(F)C5(F)F)C(F)(F)C4(F)F)C(F)(F)C3(F)F)C1(F)F. The second-order valence-corrected chi connectivity index (χ2v) is 20.8. The fourth-order valence-corrected chi connectivity index (χ4v) is 13.1. The van der Waals surface area contributed by atoms with Crippen molar-refractivity contribution >= 4 is 0 Å². The number of allylic oxidation sites excluding steroid dienone is 16. The first-order valence-corrected chi connectivity index (χ1v) is 23.3. The van der Waals surface area contributed by atoms with Crippen LogP contribution in [0.15, 0.2) is 89.2 Å². The first-order chi connectivity index (χ1) is 34.6. The van der Waals surface area contributed by atoms with Gasteiger partial charge in [-0.25, -0.2) is 8.78 Å². The Morgan fingerprint density at radius 2 is 0.377 bits per heavy atom. The maximum atomic E-state index is 17.5. The van der Waals surface area contributed by atoms with Crippen LogP contribution in [0.5, 0.6) is 0 Å². The molecular weight excluding hydrogens is 1130 g/mol. The number of unbranched alkanes of at least 4 members (excludes halogenated alkanes) is 5. The summed E-state index contributed by atoms with van der Waals surface area (Å²) >= 11 is 0. The molecule has 4 atom stereocenters. The lowest BCUT2D eigenvalue weighted by Gasteiger charge is -2.61. The maximum Gasteiger partial charge on any atom is 0.340 e. The van der Waals surface area contributed by atoms with Crippen molar-refractivity contribution in [1.82, 2.24) is 0 Å². The van der Waals surface area contributed by atoms with Crippen molar-refractivity contribution in [2.75, 3.05) is 0 Å². The molecule has 0 amide bonds. The predicted molar refractivity (Wildman–Crippen MR) is 202 cm³/mol. The minimum Gasteiger partial charge on any atom is -0.231 e. The van der Waals surface area contributed by atoms with Gasteiger partial charge in [-0.15, -0.1) is 0 Å². The Labute approximate surface area is 411 Å². The van der Waals surface area contributed by atoms with Crippen LogP contribution in [0, 0.1) is 11.8 Å². The van der Waals surface area contributed by atoms with Crippen LogP contribution in [0.3, 0.4) is 0 Å². The second kappa shape index (κ2) is 14.6. The number of halogens is 30. The van der Waals surface area contributed by atoms with Crippen LogP contribution in [0.4, 0.5) is 132 Å². The van der Waals surface area contributed by atoms with E-state index in [2.05, 4.69) is 0 Å². The van der Waals surface area contributed by atoms with Crippen LogP contribution < -0.4 is 0 Å².